The van der Waals surface area contributed by atoms with E-state index in [0.717, 1.165) is 52.5 Å². The lowest BCUT2D eigenvalue weighted by molar-refractivity contribution is 0.247. The van der Waals surface area contributed by atoms with Gasteiger partial charge in [0.15, 0.2) is 0 Å². The molecule has 4 rings (SSSR count). The van der Waals surface area contributed by atoms with E-state index in [9.17, 15) is 0 Å². The summed E-state index contributed by atoms with van der Waals surface area (Å²) in [5.74, 6) is 0. The molecule has 3 heterocycles. The molecule has 0 bridgehead atoms. The summed E-state index contributed by atoms with van der Waals surface area (Å²) in [5, 5.41) is 3.29. The molecule has 2 atom stereocenters. The summed E-state index contributed by atoms with van der Waals surface area (Å²) in [4.78, 5) is 2.39. The molecule has 3 saturated heterocycles. The zero-order chi connectivity index (χ0) is 15.6. The van der Waals surface area contributed by atoms with Gasteiger partial charge in [-0.1, -0.05) is 30.3 Å². The van der Waals surface area contributed by atoms with E-state index in [1.54, 1.807) is 0 Å². The average molecular weight is 307 g/mol. The van der Waals surface area contributed by atoms with E-state index in [2.05, 4.69) is 29.3 Å². The number of rotatable bonds is 3. The van der Waals surface area contributed by atoms with Crippen LogP contribution in [0.5, 0.6) is 0 Å². The second-order valence-corrected chi connectivity index (χ2v) is 5.76. The van der Waals surface area contributed by atoms with Crippen molar-refractivity contribution in [2.75, 3.05) is 52.5 Å². The Labute approximate surface area is 133 Å². The number of hydrogen-bond acceptors (Lipinski definition) is 5. The summed E-state index contributed by atoms with van der Waals surface area (Å²) in [6, 6.07) is 10.3. The number of ether oxygens (including phenoxy) is 2. The molecule has 3 N–H and O–H groups in total. The Bertz CT molecular complexity index is 385. The van der Waals surface area contributed by atoms with Gasteiger partial charge in [0.2, 0.25) is 0 Å². The Kier molecular flexibility index (Phi) is 7.83. The maximum absolute atomic E-state index is 5.40. The fourth-order valence-corrected chi connectivity index (χ4v) is 2.12. The molecule has 3 aliphatic rings. The molecule has 0 radical (unpaired) electrons. The Morgan fingerprint density at radius 3 is 2.18 bits per heavy atom. The van der Waals surface area contributed by atoms with Gasteiger partial charge in [-0.3, -0.25) is 4.90 Å². The predicted octanol–water partition coefficient (Wildman–Crippen LogP) is 1.01. The minimum Gasteiger partial charge on any atom is -0.373 e. The molecule has 1 aromatic rings. The molecular formula is C17H29N3O2. The summed E-state index contributed by atoms with van der Waals surface area (Å²) in [5.41, 5.74) is 6.70. The van der Waals surface area contributed by atoms with Crippen molar-refractivity contribution in [3.63, 3.8) is 0 Å². The van der Waals surface area contributed by atoms with Crippen LogP contribution in [0.4, 0.5) is 0 Å². The van der Waals surface area contributed by atoms with Crippen LogP contribution < -0.4 is 11.1 Å². The Morgan fingerprint density at radius 2 is 1.73 bits per heavy atom. The maximum Gasteiger partial charge on any atom is 0.106 e. The summed E-state index contributed by atoms with van der Waals surface area (Å²) in [6.07, 6.45) is 0.992. The van der Waals surface area contributed by atoms with Gasteiger partial charge in [-0.05, 0) is 12.5 Å². The van der Waals surface area contributed by atoms with E-state index in [1.165, 1.54) is 5.56 Å². The van der Waals surface area contributed by atoms with Crippen molar-refractivity contribution in [3.05, 3.63) is 35.9 Å². The van der Waals surface area contributed by atoms with E-state index in [-0.39, 0.29) is 0 Å². The molecule has 1 aromatic carbocycles. The van der Waals surface area contributed by atoms with Gasteiger partial charge in [-0.15, -0.1) is 0 Å². The third-order valence-electron chi connectivity index (χ3n) is 3.66. The molecular weight excluding hydrogens is 278 g/mol. The summed E-state index contributed by atoms with van der Waals surface area (Å²) >= 11 is 0. The average Bonchev–Trinajstić information content (AvgIpc) is 3.47. The van der Waals surface area contributed by atoms with Crippen LogP contribution in [-0.2, 0) is 9.47 Å². The van der Waals surface area contributed by atoms with Gasteiger partial charge in [0.05, 0.1) is 19.3 Å². The van der Waals surface area contributed by atoms with Crippen molar-refractivity contribution in [2.24, 2.45) is 5.73 Å². The van der Waals surface area contributed by atoms with E-state index >= 15 is 0 Å². The van der Waals surface area contributed by atoms with Crippen LogP contribution in [0.3, 0.4) is 0 Å². The van der Waals surface area contributed by atoms with Crippen molar-refractivity contribution in [1.82, 2.24) is 10.2 Å². The first-order valence-corrected chi connectivity index (χ1v) is 8.21. The van der Waals surface area contributed by atoms with Gasteiger partial charge in [0, 0.05) is 39.3 Å². The zero-order valence-corrected chi connectivity index (χ0v) is 13.5. The number of piperazine rings is 1. The summed E-state index contributed by atoms with van der Waals surface area (Å²) in [7, 11) is 0. The second kappa shape index (κ2) is 9.92. The van der Waals surface area contributed by atoms with E-state index in [1.807, 2.05) is 18.2 Å². The standard InChI is InChI=1S/C8H8O.C6H15N3.C3H6O/c1-2-4-7(5-3-1)8-6-9-8;7-1-4-9-5-2-8-3-6-9;1-3-2-4-3/h1-5,8H,6H2;8H,1-7H2;3H,2H2,1H3. The molecule has 0 spiro atoms. The largest absolute Gasteiger partial charge is 0.373 e. The molecule has 2 unspecified atom stereocenters. The fourth-order valence-electron chi connectivity index (χ4n) is 2.12. The summed E-state index contributed by atoms with van der Waals surface area (Å²) < 4.78 is 9.80. The SMILES string of the molecule is CC1CO1.NCCN1CCNCC1.c1ccc(C2CO2)cc1. The molecule has 124 valence electrons. The third kappa shape index (κ3) is 7.87. The number of nitrogens with two attached hydrogens (primary N) is 1. The van der Waals surface area contributed by atoms with Crippen LogP contribution in [0.15, 0.2) is 30.3 Å². The number of benzene rings is 1. The normalized spacial score (nSPS) is 26.1. The molecule has 5 nitrogen and oxygen atoms in total. The highest BCUT2D eigenvalue weighted by atomic mass is 16.6. The van der Waals surface area contributed by atoms with Crippen LogP contribution in [0.2, 0.25) is 0 Å². The van der Waals surface area contributed by atoms with E-state index < -0.39 is 0 Å². The van der Waals surface area contributed by atoms with E-state index in [0.29, 0.717) is 12.2 Å². The van der Waals surface area contributed by atoms with Gasteiger partial charge in [-0.2, -0.15) is 0 Å². The highest BCUT2D eigenvalue weighted by molar-refractivity contribution is 5.19. The van der Waals surface area contributed by atoms with Crippen molar-refractivity contribution < 1.29 is 9.47 Å². The van der Waals surface area contributed by atoms with Crippen LogP contribution in [-0.4, -0.2) is 63.5 Å². The molecule has 0 aliphatic carbocycles. The van der Waals surface area contributed by atoms with E-state index in [4.69, 9.17) is 15.2 Å². The smallest absolute Gasteiger partial charge is 0.106 e. The molecule has 3 aliphatic heterocycles. The first-order valence-electron chi connectivity index (χ1n) is 8.21. The third-order valence-corrected chi connectivity index (χ3v) is 3.66. The lowest BCUT2D eigenvalue weighted by Crippen LogP contribution is -2.45. The second-order valence-electron chi connectivity index (χ2n) is 5.76. The number of epoxide rings is 2. The van der Waals surface area contributed by atoms with Gasteiger partial charge in [0.25, 0.3) is 0 Å². The molecule has 22 heavy (non-hydrogen) atoms. The van der Waals surface area contributed by atoms with Gasteiger partial charge in [-0.25, -0.2) is 0 Å². The van der Waals surface area contributed by atoms with Gasteiger partial charge < -0.3 is 20.5 Å². The summed E-state index contributed by atoms with van der Waals surface area (Å²) in [6.45, 7) is 10.4. The fraction of sp³-hybridized carbons (Fsp3) is 0.647. The highest BCUT2D eigenvalue weighted by Crippen LogP contribution is 2.28. The quantitative estimate of drug-likeness (QED) is 0.816. The van der Waals surface area contributed by atoms with Crippen molar-refractivity contribution in [1.29, 1.82) is 0 Å². The maximum atomic E-state index is 5.40. The van der Waals surface area contributed by atoms with Crippen LogP contribution in [0.25, 0.3) is 0 Å². The molecule has 0 aromatic heterocycles. The topological polar surface area (TPSA) is 66.3 Å². The molecule has 3 fully saturated rings. The monoisotopic (exact) mass is 307 g/mol. The number of nitrogens with one attached hydrogen (secondary N) is 1. The van der Waals surface area contributed by atoms with Crippen molar-refractivity contribution in [3.8, 4) is 0 Å². The van der Waals surface area contributed by atoms with Gasteiger partial charge in [0.1, 0.15) is 6.10 Å². The highest BCUT2D eigenvalue weighted by Gasteiger charge is 2.23. The lowest BCUT2D eigenvalue weighted by Gasteiger charge is -2.26. The lowest BCUT2D eigenvalue weighted by atomic mass is 10.2. The first kappa shape index (κ1) is 17.4. The van der Waals surface area contributed by atoms with Crippen LogP contribution >= 0.6 is 0 Å². The zero-order valence-electron chi connectivity index (χ0n) is 13.5. The van der Waals surface area contributed by atoms with Crippen LogP contribution in [0, 0.1) is 0 Å². The Morgan fingerprint density at radius 1 is 1.14 bits per heavy atom. The van der Waals surface area contributed by atoms with Gasteiger partial charge >= 0.3 is 0 Å². The Balaban J connectivity index is 0.000000129. The van der Waals surface area contributed by atoms with Crippen molar-refractivity contribution >= 4 is 0 Å². The predicted molar refractivity (Wildman–Crippen MR) is 88.9 cm³/mol. The number of nitrogens with zero attached hydrogens (tertiary/aromatic N) is 1. The van der Waals surface area contributed by atoms with Crippen LogP contribution in [0.1, 0.15) is 18.6 Å². The minimum atomic E-state index is 0.409. The molecule has 5 heteroatoms. The number of hydrogen-bond donors (Lipinski definition) is 2. The Hall–Kier alpha value is -0.980. The minimum absolute atomic E-state index is 0.409. The molecule has 0 saturated carbocycles. The van der Waals surface area contributed by atoms with Crippen molar-refractivity contribution in [2.45, 2.75) is 19.1 Å². The first-order chi connectivity index (χ1) is 10.8. The molecule has 0 amide bonds.